The third-order valence-electron chi connectivity index (χ3n) is 6.54. The molecule has 0 radical (unpaired) electrons. The van der Waals surface area contributed by atoms with E-state index in [1.54, 1.807) is 29.3 Å². The number of benzene rings is 1. The van der Waals surface area contributed by atoms with Crippen molar-refractivity contribution < 1.29 is 31.5 Å². The largest absolute Gasteiger partial charge is 0.490 e. The van der Waals surface area contributed by atoms with Gasteiger partial charge < -0.3 is 14.4 Å². The molecule has 1 aromatic carbocycles. The van der Waals surface area contributed by atoms with E-state index in [2.05, 4.69) is 0 Å². The molecule has 0 N–H and O–H groups in total. The van der Waals surface area contributed by atoms with Crippen molar-refractivity contribution in [2.45, 2.75) is 61.3 Å². The molecule has 0 saturated carbocycles. The fraction of sp³-hybridized carbons (Fsp3) is 0.500. The molecule has 2 aromatic rings. The number of carbonyl (C=O) groups excluding carboxylic acids is 1. The average Bonchev–Trinajstić information content (AvgIpc) is 3.09. The lowest BCUT2D eigenvalue weighted by Crippen LogP contribution is -2.52. The van der Waals surface area contributed by atoms with Crippen LogP contribution in [0, 0.1) is 0 Å². The zero-order valence-electron chi connectivity index (χ0n) is 19.5. The second-order valence-corrected chi connectivity index (χ2v) is 11.4. The fourth-order valence-corrected chi connectivity index (χ4v) is 5.30. The second-order valence-electron chi connectivity index (χ2n) is 9.43. The lowest BCUT2D eigenvalue weighted by Gasteiger charge is -2.39. The van der Waals surface area contributed by atoms with Crippen LogP contribution in [0.3, 0.4) is 0 Å². The molecule has 1 aromatic heterocycles. The number of sulfone groups is 1. The Morgan fingerprint density at radius 1 is 1.09 bits per heavy atom. The third kappa shape index (κ3) is 5.34. The fourth-order valence-electron chi connectivity index (χ4n) is 4.67. The molecule has 2 bridgehead atoms. The van der Waals surface area contributed by atoms with Crippen molar-refractivity contribution in [1.82, 2.24) is 9.47 Å². The van der Waals surface area contributed by atoms with Crippen LogP contribution in [0.4, 0.5) is 13.6 Å². The van der Waals surface area contributed by atoms with Crippen LogP contribution in [-0.4, -0.2) is 67.4 Å². The Kier molecular flexibility index (Phi) is 6.90. The van der Waals surface area contributed by atoms with Gasteiger partial charge in [0.05, 0.1) is 4.90 Å². The quantitative estimate of drug-likeness (QED) is 0.566. The molecule has 2 fully saturated rings. The molecule has 1 amide bonds. The van der Waals surface area contributed by atoms with E-state index < -0.39 is 34.9 Å². The standard InChI is InChI=1S/C24H28F2N2O6S/c1-24(14-25,15-26)34-23(30)28-17-3-4-18(28)12-20(11-17)33-19-9-10-27(22(29)13-19)16-5-7-21(8-6-16)35(2,31)32/h5-10,13,17-18,20H,3-4,11-12,14-15H2,1-2H3. The van der Waals surface area contributed by atoms with Gasteiger partial charge in [0.1, 0.15) is 25.2 Å². The number of rotatable bonds is 7. The van der Waals surface area contributed by atoms with E-state index in [0.717, 1.165) is 19.1 Å². The van der Waals surface area contributed by atoms with E-state index in [0.29, 0.717) is 24.3 Å². The van der Waals surface area contributed by atoms with E-state index in [1.165, 1.54) is 29.7 Å². The molecule has 11 heteroatoms. The molecule has 2 atom stereocenters. The average molecular weight is 511 g/mol. The minimum absolute atomic E-state index is 0.163. The van der Waals surface area contributed by atoms with Crippen LogP contribution in [-0.2, 0) is 14.6 Å². The molecular formula is C24H28F2N2O6S. The zero-order chi connectivity index (χ0) is 25.4. The Hall–Kier alpha value is -2.95. The van der Waals surface area contributed by atoms with Gasteiger partial charge in [0.15, 0.2) is 15.4 Å². The van der Waals surface area contributed by atoms with Crippen LogP contribution in [0.2, 0.25) is 0 Å². The maximum absolute atomic E-state index is 13.1. The summed E-state index contributed by atoms with van der Waals surface area (Å²) in [5, 5.41) is 0. The lowest BCUT2D eigenvalue weighted by molar-refractivity contribution is -0.0437. The summed E-state index contributed by atoms with van der Waals surface area (Å²) < 4.78 is 62.1. The van der Waals surface area contributed by atoms with Gasteiger partial charge in [-0.15, -0.1) is 0 Å². The van der Waals surface area contributed by atoms with Gasteiger partial charge >= 0.3 is 6.09 Å². The van der Waals surface area contributed by atoms with Gasteiger partial charge in [0.2, 0.25) is 0 Å². The number of amides is 1. The Labute approximate surface area is 202 Å². The number of fused-ring (bicyclic) bond motifs is 2. The van der Waals surface area contributed by atoms with E-state index in [9.17, 15) is 26.8 Å². The van der Waals surface area contributed by atoms with Crippen LogP contribution in [0.5, 0.6) is 5.75 Å². The molecule has 4 rings (SSSR count). The molecule has 35 heavy (non-hydrogen) atoms. The lowest BCUT2D eigenvalue weighted by atomic mass is 10.00. The Morgan fingerprint density at radius 2 is 1.69 bits per heavy atom. The van der Waals surface area contributed by atoms with Gasteiger partial charge in [-0.25, -0.2) is 22.0 Å². The molecule has 2 aliphatic rings. The summed E-state index contributed by atoms with van der Waals surface area (Å²) in [6, 6.07) is 8.69. The predicted molar refractivity (Wildman–Crippen MR) is 124 cm³/mol. The zero-order valence-corrected chi connectivity index (χ0v) is 20.3. The van der Waals surface area contributed by atoms with Gasteiger partial charge in [-0.3, -0.25) is 9.36 Å². The highest BCUT2D eigenvalue weighted by molar-refractivity contribution is 7.90. The van der Waals surface area contributed by atoms with Gasteiger partial charge in [-0.2, -0.15) is 0 Å². The summed E-state index contributed by atoms with van der Waals surface area (Å²) >= 11 is 0. The SMILES string of the molecule is CC(CF)(CF)OC(=O)N1C2CCC1CC(Oc1ccn(-c3ccc(S(C)(=O)=O)cc3)c(=O)c1)C2. The highest BCUT2D eigenvalue weighted by atomic mass is 32.2. The number of piperidine rings is 1. The first kappa shape index (κ1) is 25.2. The maximum atomic E-state index is 13.1. The Balaban J connectivity index is 1.42. The summed E-state index contributed by atoms with van der Waals surface area (Å²) in [5.74, 6) is 0.391. The van der Waals surface area contributed by atoms with E-state index in [4.69, 9.17) is 9.47 Å². The van der Waals surface area contributed by atoms with Crippen molar-refractivity contribution in [2.75, 3.05) is 19.6 Å². The summed E-state index contributed by atoms with van der Waals surface area (Å²) in [6.07, 6.45) is 4.26. The molecule has 2 unspecified atom stereocenters. The van der Waals surface area contributed by atoms with Crippen LogP contribution in [0.1, 0.15) is 32.6 Å². The number of pyridine rings is 1. The Bertz CT molecular complexity index is 1230. The highest BCUT2D eigenvalue weighted by Gasteiger charge is 2.46. The van der Waals surface area contributed by atoms with Crippen molar-refractivity contribution in [3.05, 3.63) is 52.9 Å². The number of halogens is 2. The predicted octanol–water partition coefficient (Wildman–Crippen LogP) is 3.45. The number of carbonyl (C=O) groups is 1. The van der Waals surface area contributed by atoms with Gasteiger partial charge in [-0.05, 0) is 50.1 Å². The van der Waals surface area contributed by atoms with Crippen molar-refractivity contribution in [3.8, 4) is 11.4 Å². The van der Waals surface area contributed by atoms with Gasteiger partial charge in [0, 0.05) is 49.1 Å². The summed E-state index contributed by atoms with van der Waals surface area (Å²) in [5.41, 5.74) is -1.60. The second kappa shape index (κ2) is 9.60. The maximum Gasteiger partial charge on any atom is 0.410 e. The molecule has 0 aliphatic carbocycles. The highest BCUT2D eigenvalue weighted by Crippen LogP contribution is 2.38. The molecule has 190 valence electrons. The first-order valence-corrected chi connectivity index (χ1v) is 13.3. The first-order valence-electron chi connectivity index (χ1n) is 11.4. The number of alkyl halides is 2. The number of hydrogen-bond donors (Lipinski definition) is 0. The van der Waals surface area contributed by atoms with Crippen LogP contribution in [0.25, 0.3) is 5.69 Å². The van der Waals surface area contributed by atoms with E-state index in [1.807, 2.05) is 0 Å². The normalized spacial score (nSPS) is 22.2. The monoisotopic (exact) mass is 510 g/mol. The molecule has 2 saturated heterocycles. The summed E-state index contributed by atoms with van der Waals surface area (Å²) in [4.78, 5) is 27.0. The number of nitrogens with zero attached hydrogens (tertiary/aromatic N) is 2. The van der Waals surface area contributed by atoms with Gasteiger partial charge in [0.25, 0.3) is 5.56 Å². The first-order chi connectivity index (χ1) is 16.5. The van der Waals surface area contributed by atoms with Crippen LogP contribution < -0.4 is 10.3 Å². The van der Waals surface area contributed by atoms with E-state index >= 15 is 0 Å². The van der Waals surface area contributed by atoms with Gasteiger partial charge in [-0.1, -0.05) is 0 Å². The summed E-state index contributed by atoms with van der Waals surface area (Å²) in [6.45, 7) is -0.972. The van der Waals surface area contributed by atoms with Crippen LogP contribution >= 0.6 is 0 Å². The van der Waals surface area contributed by atoms with E-state index in [-0.39, 0.29) is 28.6 Å². The minimum atomic E-state index is -3.33. The van der Waals surface area contributed by atoms with Crippen LogP contribution in [0.15, 0.2) is 52.3 Å². The Morgan fingerprint density at radius 3 is 2.20 bits per heavy atom. The summed E-state index contributed by atoms with van der Waals surface area (Å²) in [7, 11) is -3.33. The molecule has 3 heterocycles. The third-order valence-corrected chi connectivity index (χ3v) is 7.67. The van der Waals surface area contributed by atoms with Crippen molar-refractivity contribution >= 4 is 15.9 Å². The molecule has 2 aliphatic heterocycles. The van der Waals surface area contributed by atoms with Crippen molar-refractivity contribution in [3.63, 3.8) is 0 Å². The number of ether oxygens (including phenoxy) is 2. The topological polar surface area (TPSA) is 94.9 Å². The molecule has 0 spiro atoms. The van der Waals surface area contributed by atoms with Crippen molar-refractivity contribution in [1.29, 1.82) is 0 Å². The molecular weight excluding hydrogens is 482 g/mol. The minimum Gasteiger partial charge on any atom is -0.490 e. The molecule has 8 nitrogen and oxygen atoms in total. The number of aromatic nitrogens is 1. The smallest absolute Gasteiger partial charge is 0.410 e. The van der Waals surface area contributed by atoms with Crippen molar-refractivity contribution in [2.24, 2.45) is 0 Å². The number of hydrogen-bond acceptors (Lipinski definition) is 6.